The fraction of sp³-hybridized carbons (Fsp3) is 0.333. The fourth-order valence-corrected chi connectivity index (χ4v) is 2.76. The Morgan fingerprint density at radius 1 is 1.14 bits per heavy atom. The number of alkyl halides is 3. The van der Waals surface area contributed by atoms with Gasteiger partial charge in [-0.05, 0) is 45.0 Å². The lowest BCUT2D eigenvalue weighted by Crippen LogP contribution is -2.38. The lowest BCUT2D eigenvalue weighted by molar-refractivity contribution is -0.386. The molecule has 0 radical (unpaired) electrons. The highest BCUT2D eigenvalue weighted by Crippen LogP contribution is 2.38. The minimum Gasteiger partial charge on any atom is -0.472 e. The molecule has 0 fully saturated rings. The second-order valence-electron chi connectivity index (χ2n) is 6.70. The summed E-state index contributed by atoms with van der Waals surface area (Å²) in [6, 6.07) is 5.64. The van der Waals surface area contributed by atoms with E-state index in [-0.39, 0.29) is 29.7 Å². The van der Waals surface area contributed by atoms with Crippen LogP contribution in [0.1, 0.15) is 26.3 Å². The summed E-state index contributed by atoms with van der Waals surface area (Å²) in [5.74, 6) is -1.68. The molecule has 0 saturated carbocycles. The molecule has 2 rings (SSSR count). The Bertz CT molecular complexity index is 1100. The van der Waals surface area contributed by atoms with E-state index in [0.717, 1.165) is 24.3 Å². The summed E-state index contributed by atoms with van der Waals surface area (Å²) in [5.41, 5.74) is -1.52. The lowest BCUT2D eigenvalue weighted by Gasteiger charge is -2.21. The van der Waals surface area contributed by atoms with Gasteiger partial charge in [0.1, 0.15) is 11.5 Å². The van der Waals surface area contributed by atoms with E-state index in [1.807, 2.05) is 0 Å². The van der Waals surface area contributed by atoms with Crippen LogP contribution in [0.3, 0.4) is 0 Å². The highest BCUT2D eigenvalue weighted by atomic mass is 35.5. The molecule has 190 valence electrons. The lowest BCUT2D eigenvalue weighted by atomic mass is 10.2. The van der Waals surface area contributed by atoms with E-state index in [9.17, 15) is 32.9 Å². The third-order valence-corrected chi connectivity index (χ3v) is 4.50. The molecule has 14 heteroatoms. The number of benzene rings is 2. The standard InChI is InChI=1S/C21H20ClF3N2O8/c1-4-26(20(29)32-5-2)35-19(28)12(3)33-18-11-14(7-8-16(18)27(30)31)34-17-9-6-13(10-15(17)22)21(23,24)25/h6-12H,4-5H2,1-3H3. The molecule has 1 atom stereocenters. The first kappa shape index (κ1) is 27.5. The predicted molar refractivity (Wildman–Crippen MR) is 115 cm³/mol. The van der Waals surface area contributed by atoms with E-state index in [1.165, 1.54) is 19.9 Å². The molecular weight excluding hydrogens is 501 g/mol. The van der Waals surface area contributed by atoms with Gasteiger partial charge in [-0.3, -0.25) is 10.1 Å². The zero-order valence-electron chi connectivity index (χ0n) is 18.6. The van der Waals surface area contributed by atoms with Gasteiger partial charge < -0.3 is 19.0 Å². The normalized spacial score (nSPS) is 11.9. The van der Waals surface area contributed by atoms with E-state index >= 15 is 0 Å². The Morgan fingerprint density at radius 3 is 2.37 bits per heavy atom. The molecule has 35 heavy (non-hydrogen) atoms. The Morgan fingerprint density at radius 2 is 1.83 bits per heavy atom. The number of nitrogens with zero attached hydrogens (tertiary/aromatic N) is 2. The molecule has 1 amide bonds. The summed E-state index contributed by atoms with van der Waals surface area (Å²) in [6.45, 7) is 4.32. The van der Waals surface area contributed by atoms with Crippen LogP contribution in [0.25, 0.3) is 0 Å². The molecule has 0 bridgehead atoms. The molecule has 0 saturated heterocycles. The zero-order chi connectivity index (χ0) is 26.3. The molecule has 0 N–H and O–H groups in total. The van der Waals surface area contributed by atoms with E-state index in [4.69, 9.17) is 30.6 Å². The number of rotatable bonds is 8. The average Bonchev–Trinajstić information content (AvgIpc) is 2.77. The van der Waals surface area contributed by atoms with E-state index in [1.54, 1.807) is 6.92 Å². The van der Waals surface area contributed by atoms with Gasteiger partial charge in [-0.1, -0.05) is 11.6 Å². The highest BCUT2D eigenvalue weighted by molar-refractivity contribution is 6.32. The molecule has 2 aromatic rings. The fourth-order valence-electron chi connectivity index (χ4n) is 2.54. The first-order chi connectivity index (χ1) is 16.4. The number of nitro benzene ring substituents is 1. The van der Waals surface area contributed by atoms with E-state index in [0.29, 0.717) is 11.1 Å². The number of nitro groups is 1. The number of hydrogen-bond donors (Lipinski definition) is 0. The van der Waals surface area contributed by atoms with Crippen molar-refractivity contribution in [3.05, 3.63) is 57.1 Å². The van der Waals surface area contributed by atoms with Crippen LogP contribution < -0.4 is 9.47 Å². The summed E-state index contributed by atoms with van der Waals surface area (Å²) in [4.78, 5) is 39.6. The summed E-state index contributed by atoms with van der Waals surface area (Å²) < 4.78 is 54.0. The largest absolute Gasteiger partial charge is 0.472 e. The SMILES string of the molecule is CCOC(=O)N(CC)OC(=O)C(C)Oc1cc(Oc2ccc(C(F)(F)F)cc2Cl)ccc1[N+](=O)[O-]. The first-order valence-corrected chi connectivity index (χ1v) is 10.4. The van der Waals surface area contributed by atoms with Crippen molar-refractivity contribution in [3.63, 3.8) is 0 Å². The number of halogens is 4. The molecule has 0 aliphatic heterocycles. The Balaban J connectivity index is 2.24. The molecule has 0 aromatic heterocycles. The van der Waals surface area contributed by atoms with Crippen LogP contribution in [-0.2, 0) is 20.5 Å². The van der Waals surface area contributed by atoms with Crippen LogP contribution in [0, 0.1) is 10.1 Å². The van der Waals surface area contributed by atoms with Gasteiger partial charge in [0, 0.05) is 12.1 Å². The van der Waals surface area contributed by atoms with E-state index in [2.05, 4.69) is 0 Å². The van der Waals surface area contributed by atoms with Crippen LogP contribution in [0.2, 0.25) is 5.02 Å². The molecule has 2 aromatic carbocycles. The van der Waals surface area contributed by atoms with Crippen LogP contribution in [0.5, 0.6) is 17.2 Å². The monoisotopic (exact) mass is 520 g/mol. The smallest absolute Gasteiger partial charge is 0.443 e. The van der Waals surface area contributed by atoms with Gasteiger partial charge in [0.05, 0.1) is 28.7 Å². The van der Waals surface area contributed by atoms with Gasteiger partial charge >= 0.3 is 23.9 Å². The minimum absolute atomic E-state index is 0.0331. The molecule has 0 aliphatic rings. The molecule has 0 spiro atoms. The Hall–Kier alpha value is -3.74. The third-order valence-electron chi connectivity index (χ3n) is 4.21. The third kappa shape index (κ3) is 7.37. The van der Waals surface area contributed by atoms with Gasteiger partial charge in [-0.2, -0.15) is 13.2 Å². The average molecular weight is 521 g/mol. The second kappa shape index (κ2) is 11.6. The number of carbonyl (C=O) groups excluding carboxylic acids is 2. The van der Waals surface area contributed by atoms with Gasteiger partial charge in [-0.15, -0.1) is 5.06 Å². The summed E-state index contributed by atoms with van der Waals surface area (Å²) in [7, 11) is 0. The van der Waals surface area contributed by atoms with Crippen LogP contribution in [0.15, 0.2) is 36.4 Å². The number of carbonyl (C=O) groups is 2. The highest BCUT2D eigenvalue weighted by Gasteiger charge is 2.31. The van der Waals surface area contributed by atoms with Crippen molar-refractivity contribution in [2.24, 2.45) is 0 Å². The molecule has 0 aliphatic carbocycles. The van der Waals surface area contributed by atoms with Crippen molar-refractivity contribution in [2.75, 3.05) is 13.2 Å². The Labute approximate surface area is 202 Å². The quantitative estimate of drug-likeness (QED) is 0.318. The summed E-state index contributed by atoms with van der Waals surface area (Å²) in [5, 5.41) is 11.7. The first-order valence-electron chi connectivity index (χ1n) is 10.0. The van der Waals surface area contributed by atoms with Gasteiger partial charge in [0.25, 0.3) is 0 Å². The Kier molecular flexibility index (Phi) is 9.12. The molecule has 10 nitrogen and oxygen atoms in total. The van der Waals surface area contributed by atoms with Crippen molar-refractivity contribution in [1.82, 2.24) is 5.06 Å². The van der Waals surface area contributed by atoms with Crippen LogP contribution in [-0.4, -0.2) is 41.3 Å². The van der Waals surface area contributed by atoms with Gasteiger partial charge in [0.15, 0.2) is 6.10 Å². The van der Waals surface area contributed by atoms with Crippen molar-refractivity contribution in [2.45, 2.75) is 33.1 Å². The topological polar surface area (TPSA) is 117 Å². The number of amides is 1. The molecule has 0 heterocycles. The molecule has 1 unspecified atom stereocenters. The maximum absolute atomic E-state index is 12.8. The number of hydrogen-bond acceptors (Lipinski definition) is 8. The van der Waals surface area contributed by atoms with Crippen molar-refractivity contribution >= 4 is 29.4 Å². The molecular formula is C21H20ClF3N2O8. The van der Waals surface area contributed by atoms with E-state index < -0.39 is 46.3 Å². The zero-order valence-corrected chi connectivity index (χ0v) is 19.4. The maximum Gasteiger partial charge on any atom is 0.443 e. The van der Waals surface area contributed by atoms with Crippen LogP contribution in [0.4, 0.5) is 23.7 Å². The van der Waals surface area contributed by atoms with Crippen LogP contribution >= 0.6 is 11.6 Å². The van der Waals surface area contributed by atoms with Gasteiger partial charge in [0.2, 0.25) is 5.75 Å². The van der Waals surface area contributed by atoms with Crippen molar-refractivity contribution < 1.29 is 46.7 Å². The van der Waals surface area contributed by atoms with Crippen molar-refractivity contribution in [3.8, 4) is 17.2 Å². The number of hydroxylamine groups is 2. The summed E-state index contributed by atoms with van der Waals surface area (Å²) >= 11 is 5.87. The minimum atomic E-state index is -4.61. The second-order valence-corrected chi connectivity index (χ2v) is 7.10. The van der Waals surface area contributed by atoms with Crippen molar-refractivity contribution in [1.29, 1.82) is 0 Å². The summed E-state index contributed by atoms with van der Waals surface area (Å²) in [6.07, 6.45) is -6.94. The predicted octanol–water partition coefficient (Wildman–Crippen LogP) is 5.76. The maximum atomic E-state index is 12.8. The number of ether oxygens (including phenoxy) is 3. The van der Waals surface area contributed by atoms with Gasteiger partial charge in [-0.25, -0.2) is 9.59 Å².